The minimum atomic E-state index is 0.825. The number of hydrogen-bond acceptors (Lipinski definition) is 3. The second-order valence-corrected chi connectivity index (χ2v) is 4.67. The molecule has 0 spiro atoms. The van der Waals surface area contributed by atoms with Crippen LogP contribution in [0.5, 0.6) is 0 Å². The van der Waals surface area contributed by atoms with Crippen molar-refractivity contribution >= 4 is 21.7 Å². The number of nitrogens with zero attached hydrogens (tertiary/aromatic N) is 3. The fraction of sp³-hybridized carbons (Fsp3) is 0.556. The third-order valence-corrected chi connectivity index (χ3v) is 3.28. The van der Waals surface area contributed by atoms with Crippen LogP contribution in [0.2, 0.25) is 0 Å². The summed E-state index contributed by atoms with van der Waals surface area (Å²) in [6.07, 6.45) is 4.99. The van der Waals surface area contributed by atoms with E-state index in [0.717, 1.165) is 22.3 Å². The van der Waals surface area contributed by atoms with Gasteiger partial charge in [0.05, 0.1) is 12.4 Å². The van der Waals surface area contributed by atoms with E-state index in [1.807, 2.05) is 6.20 Å². The number of hydrogen-bond donors (Lipinski definition) is 0. The van der Waals surface area contributed by atoms with Gasteiger partial charge in [0.25, 0.3) is 0 Å². The third-order valence-electron chi connectivity index (χ3n) is 2.90. The molecular weight excluding hydrogens is 230 g/mol. The minimum absolute atomic E-state index is 0.825. The molecule has 0 radical (unpaired) electrons. The van der Waals surface area contributed by atoms with Gasteiger partial charge in [0.2, 0.25) is 0 Å². The Labute approximate surface area is 85.3 Å². The van der Waals surface area contributed by atoms with Gasteiger partial charge in [-0.05, 0) is 34.2 Å². The van der Waals surface area contributed by atoms with Crippen LogP contribution >= 0.6 is 15.9 Å². The molecule has 2 aliphatic rings. The first-order chi connectivity index (χ1) is 6.33. The van der Waals surface area contributed by atoms with Crippen molar-refractivity contribution in [2.75, 3.05) is 18.0 Å². The molecule has 4 heteroatoms. The summed E-state index contributed by atoms with van der Waals surface area (Å²) >= 11 is 3.34. The average molecular weight is 240 g/mol. The SMILES string of the molecule is Brc1cncc(N2CC3CC3C2)n1. The molecule has 2 fully saturated rings. The van der Waals surface area contributed by atoms with Crippen molar-refractivity contribution in [1.82, 2.24) is 9.97 Å². The summed E-state index contributed by atoms with van der Waals surface area (Å²) in [6, 6.07) is 0. The summed E-state index contributed by atoms with van der Waals surface area (Å²) in [7, 11) is 0. The maximum Gasteiger partial charge on any atom is 0.148 e. The van der Waals surface area contributed by atoms with Gasteiger partial charge in [0.1, 0.15) is 10.4 Å². The maximum absolute atomic E-state index is 4.39. The second-order valence-electron chi connectivity index (χ2n) is 3.86. The number of piperidine rings is 1. The molecule has 1 aliphatic carbocycles. The number of halogens is 1. The molecule has 1 saturated carbocycles. The van der Waals surface area contributed by atoms with E-state index in [9.17, 15) is 0 Å². The zero-order chi connectivity index (χ0) is 8.84. The van der Waals surface area contributed by atoms with E-state index in [0.29, 0.717) is 0 Å². The Balaban J connectivity index is 1.84. The molecule has 13 heavy (non-hydrogen) atoms. The van der Waals surface area contributed by atoms with E-state index in [4.69, 9.17) is 0 Å². The highest BCUT2D eigenvalue weighted by Gasteiger charge is 2.45. The van der Waals surface area contributed by atoms with Gasteiger partial charge in [-0.15, -0.1) is 0 Å². The molecule has 0 bridgehead atoms. The summed E-state index contributed by atoms with van der Waals surface area (Å²) < 4.78 is 0.825. The lowest BCUT2D eigenvalue weighted by molar-refractivity contribution is 0.800. The van der Waals surface area contributed by atoms with Crippen LogP contribution < -0.4 is 4.90 Å². The maximum atomic E-state index is 4.39. The Kier molecular flexibility index (Phi) is 1.59. The molecule has 1 aromatic heterocycles. The number of rotatable bonds is 1. The number of anilines is 1. The van der Waals surface area contributed by atoms with Gasteiger partial charge in [-0.2, -0.15) is 0 Å². The Morgan fingerprint density at radius 2 is 2.08 bits per heavy atom. The summed E-state index contributed by atoms with van der Waals surface area (Å²) in [5.74, 6) is 2.91. The fourth-order valence-corrected chi connectivity index (χ4v) is 2.37. The third kappa shape index (κ3) is 1.33. The average Bonchev–Trinajstić information content (AvgIpc) is 2.74. The molecule has 2 heterocycles. The second kappa shape index (κ2) is 2.67. The first-order valence-corrected chi connectivity index (χ1v) is 5.35. The van der Waals surface area contributed by atoms with Crippen molar-refractivity contribution in [2.24, 2.45) is 11.8 Å². The molecule has 3 nitrogen and oxygen atoms in total. The van der Waals surface area contributed by atoms with Crippen LogP contribution in [0.3, 0.4) is 0 Å². The van der Waals surface area contributed by atoms with Gasteiger partial charge >= 0.3 is 0 Å². The highest BCUT2D eigenvalue weighted by Crippen LogP contribution is 2.45. The molecule has 1 aromatic rings. The first-order valence-electron chi connectivity index (χ1n) is 4.55. The standard InChI is InChI=1S/C9H10BrN3/c10-8-2-11-3-9(12-8)13-4-6-1-7(6)5-13/h2-3,6-7H,1,4-5H2. The highest BCUT2D eigenvalue weighted by atomic mass is 79.9. The summed E-state index contributed by atoms with van der Waals surface area (Å²) in [6.45, 7) is 2.35. The smallest absolute Gasteiger partial charge is 0.148 e. The summed E-state index contributed by atoms with van der Waals surface area (Å²) in [5.41, 5.74) is 0. The van der Waals surface area contributed by atoms with Gasteiger partial charge in [-0.3, -0.25) is 4.98 Å². The first kappa shape index (κ1) is 7.74. The van der Waals surface area contributed by atoms with Crippen molar-refractivity contribution in [3.63, 3.8) is 0 Å². The lowest BCUT2D eigenvalue weighted by Gasteiger charge is -2.18. The predicted octanol–water partition coefficient (Wildman–Crippen LogP) is 1.70. The van der Waals surface area contributed by atoms with Crippen molar-refractivity contribution in [3.05, 3.63) is 17.0 Å². The molecule has 2 unspecified atom stereocenters. The van der Waals surface area contributed by atoms with Crippen LogP contribution in [0.15, 0.2) is 17.0 Å². The van der Waals surface area contributed by atoms with Crippen molar-refractivity contribution in [3.8, 4) is 0 Å². The minimum Gasteiger partial charge on any atom is -0.355 e. The zero-order valence-corrected chi connectivity index (χ0v) is 8.74. The molecule has 0 amide bonds. The predicted molar refractivity (Wildman–Crippen MR) is 53.5 cm³/mol. The van der Waals surface area contributed by atoms with Gasteiger partial charge in [0.15, 0.2) is 0 Å². The summed E-state index contributed by atoms with van der Waals surface area (Å²) in [4.78, 5) is 10.8. The Morgan fingerprint density at radius 3 is 2.77 bits per heavy atom. The van der Waals surface area contributed by atoms with E-state index in [2.05, 4.69) is 30.8 Å². The van der Waals surface area contributed by atoms with Crippen LogP contribution in [-0.4, -0.2) is 23.1 Å². The Bertz CT molecular complexity index is 331. The molecule has 1 aliphatic heterocycles. The van der Waals surface area contributed by atoms with Crippen molar-refractivity contribution in [2.45, 2.75) is 6.42 Å². The lowest BCUT2D eigenvalue weighted by atomic mass is 10.4. The number of fused-ring (bicyclic) bond motifs is 1. The van der Waals surface area contributed by atoms with E-state index >= 15 is 0 Å². The molecule has 2 atom stereocenters. The van der Waals surface area contributed by atoms with Gasteiger partial charge in [-0.25, -0.2) is 4.98 Å². The van der Waals surface area contributed by atoms with Gasteiger partial charge in [-0.1, -0.05) is 0 Å². The molecule has 1 saturated heterocycles. The number of aromatic nitrogens is 2. The fourth-order valence-electron chi connectivity index (χ4n) is 2.07. The monoisotopic (exact) mass is 239 g/mol. The molecular formula is C9H10BrN3. The van der Waals surface area contributed by atoms with Crippen molar-refractivity contribution in [1.29, 1.82) is 0 Å². The van der Waals surface area contributed by atoms with E-state index < -0.39 is 0 Å². The van der Waals surface area contributed by atoms with Crippen LogP contribution in [0, 0.1) is 11.8 Å². The quantitative estimate of drug-likeness (QED) is 0.748. The zero-order valence-electron chi connectivity index (χ0n) is 7.15. The Hall–Kier alpha value is -0.640. The topological polar surface area (TPSA) is 29.0 Å². The Morgan fingerprint density at radius 1 is 1.31 bits per heavy atom. The van der Waals surface area contributed by atoms with Crippen molar-refractivity contribution < 1.29 is 0 Å². The largest absolute Gasteiger partial charge is 0.355 e. The lowest BCUT2D eigenvalue weighted by Crippen LogP contribution is -2.22. The summed E-state index contributed by atoms with van der Waals surface area (Å²) in [5, 5.41) is 0. The van der Waals surface area contributed by atoms with Crippen LogP contribution in [0.4, 0.5) is 5.82 Å². The van der Waals surface area contributed by atoms with E-state index in [1.54, 1.807) is 6.20 Å². The van der Waals surface area contributed by atoms with Crippen LogP contribution in [0.25, 0.3) is 0 Å². The highest BCUT2D eigenvalue weighted by molar-refractivity contribution is 9.10. The normalized spacial score (nSPS) is 30.4. The van der Waals surface area contributed by atoms with E-state index in [1.165, 1.54) is 19.5 Å². The molecule has 0 aromatic carbocycles. The van der Waals surface area contributed by atoms with Gasteiger partial charge < -0.3 is 4.90 Å². The van der Waals surface area contributed by atoms with Crippen LogP contribution in [-0.2, 0) is 0 Å². The van der Waals surface area contributed by atoms with Gasteiger partial charge in [0, 0.05) is 13.1 Å². The van der Waals surface area contributed by atoms with E-state index in [-0.39, 0.29) is 0 Å². The molecule has 68 valence electrons. The molecule has 3 rings (SSSR count). The van der Waals surface area contributed by atoms with Crippen LogP contribution in [0.1, 0.15) is 6.42 Å². The molecule has 0 N–H and O–H groups in total.